The third-order valence-electron chi connectivity index (χ3n) is 5.15. The number of carbonyl (C=O) groups excluding carboxylic acids is 2. The smallest absolute Gasteiger partial charge is 0.256 e. The number of nitrogens with zero attached hydrogens (tertiary/aromatic N) is 4. The average molecular weight is 416 g/mol. The molecule has 1 atom stereocenters. The van der Waals surface area contributed by atoms with Crippen molar-refractivity contribution in [3.8, 4) is 0 Å². The number of benzene rings is 1. The molecular formula is C23H24N6O2. The summed E-state index contributed by atoms with van der Waals surface area (Å²) in [5.41, 5.74) is 3.26. The highest BCUT2D eigenvalue weighted by molar-refractivity contribution is 6.01. The van der Waals surface area contributed by atoms with E-state index in [0.29, 0.717) is 23.6 Å². The van der Waals surface area contributed by atoms with Gasteiger partial charge in [0.15, 0.2) is 0 Å². The van der Waals surface area contributed by atoms with Gasteiger partial charge in [-0.25, -0.2) is 4.98 Å². The zero-order valence-corrected chi connectivity index (χ0v) is 17.4. The number of hydrogen-bond donors (Lipinski definition) is 2. The van der Waals surface area contributed by atoms with E-state index in [9.17, 15) is 9.59 Å². The molecule has 2 aromatic heterocycles. The predicted octanol–water partition coefficient (Wildman–Crippen LogP) is 2.43. The van der Waals surface area contributed by atoms with Gasteiger partial charge in [0, 0.05) is 37.9 Å². The second-order valence-corrected chi connectivity index (χ2v) is 7.56. The number of fused-ring (bicyclic) bond motifs is 1. The first-order chi connectivity index (χ1) is 15.0. The Kier molecular flexibility index (Phi) is 5.90. The second-order valence-electron chi connectivity index (χ2n) is 7.56. The van der Waals surface area contributed by atoms with Crippen molar-refractivity contribution in [2.45, 2.75) is 12.7 Å². The van der Waals surface area contributed by atoms with Crippen LogP contribution >= 0.6 is 0 Å². The Morgan fingerprint density at radius 3 is 2.61 bits per heavy atom. The van der Waals surface area contributed by atoms with Crippen LogP contribution in [0, 0.1) is 0 Å². The summed E-state index contributed by atoms with van der Waals surface area (Å²) < 4.78 is 0. The number of amides is 2. The minimum atomic E-state index is -0.328. The van der Waals surface area contributed by atoms with E-state index in [1.165, 1.54) is 0 Å². The van der Waals surface area contributed by atoms with Gasteiger partial charge in [-0.05, 0) is 54.6 Å². The van der Waals surface area contributed by atoms with Crippen LogP contribution in [0.5, 0.6) is 0 Å². The zero-order valence-electron chi connectivity index (χ0n) is 17.4. The molecule has 1 aliphatic heterocycles. The van der Waals surface area contributed by atoms with Gasteiger partial charge in [0.25, 0.3) is 5.91 Å². The largest absolute Gasteiger partial charge is 0.335 e. The maximum atomic E-state index is 12.4. The number of pyridine rings is 2. The van der Waals surface area contributed by atoms with Crippen molar-refractivity contribution in [1.82, 2.24) is 20.2 Å². The minimum absolute atomic E-state index is 0.0921. The van der Waals surface area contributed by atoms with Crippen LogP contribution < -0.4 is 15.5 Å². The van der Waals surface area contributed by atoms with Crippen LogP contribution in [0.4, 0.5) is 11.5 Å². The van der Waals surface area contributed by atoms with Gasteiger partial charge in [-0.15, -0.1) is 0 Å². The van der Waals surface area contributed by atoms with Crippen molar-refractivity contribution in [3.63, 3.8) is 0 Å². The molecule has 1 unspecified atom stereocenters. The predicted molar refractivity (Wildman–Crippen MR) is 118 cm³/mol. The van der Waals surface area contributed by atoms with Crippen molar-refractivity contribution in [2.75, 3.05) is 30.9 Å². The summed E-state index contributed by atoms with van der Waals surface area (Å²) in [6.07, 6.45) is 4.83. The van der Waals surface area contributed by atoms with Crippen LogP contribution in [0.15, 0.2) is 67.1 Å². The monoisotopic (exact) mass is 416 g/mol. The standard InChI is InChI=1S/C23H24N6O2/c1-28(14-16-9-12-24-13-10-16)15-20(30)26-18-7-5-17(6-8-18)21-27-23(31)19-4-3-11-25-22(19)29(21)2/h3-13,21H,14-15H2,1-2H3,(H,26,30)(H,27,31). The molecule has 0 radical (unpaired) electrons. The quantitative estimate of drug-likeness (QED) is 0.641. The summed E-state index contributed by atoms with van der Waals surface area (Å²) in [5.74, 6) is 0.400. The number of hydrogen-bond acceptors (Lipinski definition) is 6. The van der Waals surface area contributed by atoms with E-state index in [1.54, 1.807) is 30.7 Å². The summed E-state index contributed by atoms with van der Waals surface area (Å²) in [7, 11) is 3.79. The van der Waals surface area contributed by atoms with Gasteiger partial charge in [-0.3, -0.25) is 19.5 Å². The molecule has 8 nitrogen and oxygen atoms in total. The number of aromatic nitrogens is 2. The number of likely N-dealkylation sites (N-methyl/N-ethyl adjacent to an activating group) is 1. The first-order valence-corrected chi connectivity index (χ1v) is 9.97. The third kappa shape index (κ3) is 4.70. The Balaban J connectivity index is 1.37. The van der Waals surface area contributed by atoms with E-state index in [0.717, 1.165) is 11.1 Å². The SMILES string of the molecule is CN(CC(=O)Nc1ccc(C2NC(=O)c3cccnc3N2C)cc1)Cc1ccncc1. The zero-order chi connectivity index (χ0) is 21.8. The molecule has 0 saturated heterocycles. The molecule has 0 spiro atoms. The molecule has 3 heterocycles. The van der Waals surface area contributed by atoms with E-state index < -0.39 is 0 Å². The highest BCUT2D eigenvalue weighted by Crippen LogP contribution is 2.30. The Morgan fingerprint density at radius 2 is 1.87 bits per heavy atom. The summed E-state index contributed by atoms with van der Waals surface area (Å²) in [6.45, 7) is 0.937. The molecule has 0 saturated carbocycles. The van der Waals surface area contributed by atoms with Gasteiger partial charge in [0.05, 0.1) is 12.1 Å². The Bertz CT molecular complexity index is 1070. The third-order valence-corrected chi connectivity index (χ3v) is 5.15. The van der Waals surface area contributed by atoms with Crippen molar-refractivity contribution in [3.05, 3.63) is 83.8 Å². The molecule has 0 fully saturated rings. The summed E-state index contributed by atoms with van der Waals surface area (Å²) >= 11 is 0. The molecule has 4 rings (SSSR count). The summed E-state index contributed by atoms with van der Waals surface area (Å²) in [6, 6.07) is 14.8. The lowest BCUT2D eigenvalue weighted by Gasteiger charge is -2.35. The highest BCUT2D eigenvalue weighted by atomic mass is 16.2. The Morgan fingerprint density at radius 1 is 1.13 bits per heavy atom. The van der Waals surface area contributed by atoms with Crippen LogP contribution in [0.3, 0.4) is 0 Å². The van der Waals surface area contributed by atoms with Gasteiger partial charge in [0.1, 0.15) is 12.0 Å². The van der Waals surface area contributed by atoms with E-state index in [-0.39, 0.29) is 24.5 Å². The molecule has 2 N–H and O–H groups in total. The lowest BCUT2D eigenvalue weighted by molar-refractivity contribution is -0.117. The molecule has 8 heteroatoms. The highest BCUT2D eigenvalue weighted by Gasteiger charge is 2.30. The number of rotatable bonds is 6. The van der Waals surface area contributed by atoms with Gasteiger partial charge in [-0.2, -0.15) is 0 Å². The lowest BCUT2D eigenvalue weighted by Crippen LogP contribution is -2.45. The average Bonchev–Trinajstić information content (AvgIpc) is 2.77. The molecule has 0 bridgehead atoms. The molecule has 2 amide bonds. The number of anilines is 2. The number of carbonyl (C=O) groups is 2. The molecule has 1 aromatic carbocycles. The maximum Gasteiger partial charge on any atom is 0.256 e. The van der Waals surface area contributed by atoms with Crippen LogP contribution in [0.1, 0.15) is 27.7 Å². The fourth-order valence-corrected chi connectivity index (χ4v) is 3.63. The number of nitrogens with one attached hydrogen (secondary N) is 2. The van der Waals surface area contributed by atoms with Crippen molar-refractivity contribution in [2.24, 2.45) is 0 Å². The maximum absolute atomic E-state index is 12.4. The molecule has 0 aliphatic carbocycles. The molecule has 1 aliphatic rings. The second kappa shape index (κ2) is 8.93. The first kappa shape index (κ1) is 20.5. The van der Waals surface area contributed by atoms with E-state index in [1.807, 2.05) is 60.3 Å². The normalized spacial score (nSPS) is 15.4. The Labute approximate surface area is 180 Å². The molecular weight excluding hydrogens is 392 g/mol. The summed E-state index contributed by atoms with van der Waals surface area (Å²) in [5, 5.41) is 5.91. The minimum Gasteiger partial charge on any atom is -0.335 e. The van der Waals surface area contributed by atoms with Crippen LogP contribution in [0.2, 0.25) is 0 Å². The van der Waals surface area contributed by atoms with Gasteiger partial charge >= 0.3 is 0 Å². The van der Waals surface area contributed by atoms with Gasteiger partial charge in [-0.1, -0.05) is 12.1 Å². The van der Waals surface area contributed by atoms with Crippen molar-refractivity contribution >= 4 is 23.3 Å². The van der Waals surface area contributed by atoms with E-state index in [4.69, 9.17) is 0 Å². The van der Waals surface area contributed by atoms with Crippen LogP contribution in [0.25, 0.3) is 0 Å². The van der Waals surface area contributed by atoms with Crippen LogP contribution in [-0.2, 0) is 11.3 Å². The molecule has 3 aromatic rings. The Hall–Kier alpha value is -3.78. The summed E-state index contributed by atoms with van der Waals surface area (Å²) in [4.78, 5) is 37.0. The van der Waals surface area contributed by atoms with E-state index >= 15 is 0 Å². The van der Waals surface area contributed by atoms with E-state index in [2.05, 4.69) is 20.6 Å². The molecule has 31 heavy (non-hydrogen) atoms. The van der Waals surface area contributed by atoms with Crippen LogP contribution in [-0.4, -0.2) is 47.3 Å². The van der Waals surface area contributed by atoms with Crippen molar-refractivity contribution in [1.29, 1.82) is 0 Å². The molecule has 158 valence electrons. The van der Waals surface area contributed by atoms with Crippen molar-refractivity contribution < 1.29 is 9.59 Å². The fourth-order valence-electron chi connectivity index (χ4n) is 3.63. The topological polar surface area (TPSA) is 90.5 Å². The fraction of sp³-hybridized carbons (Fsp3) is 0.217. The lowest BCUT2D eigenvalue weighted by atomic mass is 10.1. The van der Waals surface area contributed by atoms with Gasteiger partial charge < -0.3 is 15.5 Å². The first-order valence-electron chi connectivity index (χ1n) is 9.97. The van der Waals surface area contributed by atoms with Gasteiger partial charge in [0.2, 0.25) is 5.91 Å².